The minimum atomic E-state index is 0.404. The van der Waals surface area contributed by atoms with Crippen molar-refractivity contribution in [2.75, 3.05) is 0 Å². The lowest BCUT2D eigenvalue weighted by Gasteiger charge is -2.31. The Balaban J connectivity index is 4.33. The van der Waals surface area contributed by atoms with Crippen LogP contribution < -0.4 is 0 Å². The van der Waals surface area contributed by atoms with Crippen molar-refractivity contribution in [2.24, 2.45) is 10.8 Å². The molecule has 0 saturated carbocycles. The lowest BCUT2D eigenvalue weighted by molar-refractivity contribution is 0.214. The Labute approximate surface area is 96.5 Å². The SMILES string of the molecule is C/C=C\C(C)=C/CC(C)(C)CC(C)(C)C. The molecule has 0 aliphatic carbocycles. The van der Waals surface area contributed by atoms with Crippen LogP contribution in [0.1, 0.15) is 61.3 Å². The van der Waals surface area contributed by atoms with E-state index in [2.05, 4.69) is 66.7 Å². The summed E-state index contributed by atoms with van der Waals surface area (Å²) < 4.78 is 0. The van der Waals surface area contributed by atoms with Crippen LogP contribution in [-0.4, -0.2) is 0 Å². The molecule has 0 unspecified atom stereocenters. The van der Waals surface area contributed by atoms with E-state index in [-0.39, 0.29) is 0 Å². The highest BCUT2D eigenvalue weighted by molar-refractivity contribution is 5.15. The van der Waals surface area contributed by atoms with E-state index in [4.69, 9.17) is 0 Å². The second kappa shape index (κ2) is 5.53. The average Bonchev–Trinajstić information content (AvgIpc) is 1.97. The molecule has 0 heterocycles. The number of rotatable bonds is 4. The Bertz CT molecular complexity index is 233. The third kappa shape index (κ3) is 8.47. The molecule has 0 spiro atoms. The molecular weight excluding hydrogens is 180 g/mol. The smallest absolute Gasteiger partial charge is 0.0293 e. The van der Waals surface area contributed by atoms with Gasteiger partial charge in [0.25, 0.3) is 0 Å². The Morgan fingerprint density at radius 3 is 2.00 bits per heavy atom. The molecule has 0 atom stereocenters. The fourth-order valence-electron chi connectivity index (χ4n) is 2.28. The molecule has 0 radical (unpaired) electrons. The molecule has 0 rings (SSSR count). The Morgan fingerprint density at radius 1 is 1.07 bits per heavy atom. The van der Waals surface area contributed by atoms with Gasteiger partial charge in [-0.25, -0.2) is 0 Å². The molecule has 0 aliphatic rings. The molecule has 0 aromatic rings. The molecule has 0 amide bonds. The lowest BCUT2D eigenvalue weighted by Crippen LogP contribution is -2.20. The van der Waals surface area contributed by atoms with Crippen LogP contribution in [0.4, 0.5) is 0 Å². The Hall–Kier alpha value is -0.520. The molecule has 0 fully saturated rings. The molecule has 0 saturated heterocycles. The first-order chi connectivity index (χ1) is 6.66. The van der Waals surface area contributed by atoms with Gasteiger partial charge in [0.05, 0.1) is 0 Å². The van der Waals surface area contributed by atoms with Gasteiger partial charge in [-0.3, -0.25) is 0 Å². The fraction of sp³-hybridized carbons (Fsp3) is 0.733. The maximum atomic E-state index is 2.36. The van der Waals surface area contributed by atoms with Crippen molar-refractivity contribution in [3.05, 3.63) is 23.8 Å². The Kier molecular flexibility index (Phi) is 5.34. The van der Waals surface area contributed by atoms with Gasteiger partial charge in [-0.15, -0.1) is 0 Å². The molecule has 0 nitrogen and oxygen atoms in total. The molecule has 15 heavy (non-hydrogen) atoms. The van der Waals surface area contributed by atoms with Gasteiger partial charge < -0.3 is 0 Å². The predicted molar refractivity (Wildman–Crippen MR) is 71.0 cm³/mol. The van der Waals surface area contributed by atoms with Crippen molar-refractivity contribution in [3.8, 4) is 0 Å². The summed E-state index contributed by atoms with van der Waals surface area (Å²) in [6.07, 6.45) is 9.06. The third-order valence-corrected chi connectivity index (χ3v) is 2.42. The number of hydrogen-bond donors (Lipinski definition) is 0. The van der Waals surface area contributed by atoms with Gasteiger partial charge in [0.15, 0.2) is 0 Å². The van der Waals surface area contributed by atoms with E-state index in [0.29, 0.717) is 10.8 Å². The standard InChI is InChI=1S/C15H28/c1-8-9-13(2)10-11-15(6,7)12-14(3,4)5/h8-10H,11-12H2,1-7H3/b9-8-,13-10-. The summed E-state index contributed by atoms with van der Waals surface area (Å²) in [7, 11) is 0. The van der Waals surface area contributed by atoms with Gasteiger partial charge in [-0.1, -0.05) is 58.4 Å². The van der Waals surface area contributed by atoms with E-state index in [0.717, 1.165) is 0 Å². The summed E-state index contributed by atoms with van der Waals surface area (Å²) in [6.45, 7) is 15.9. The molecule has 88 valence electrons. The fourth-order valence-corrected chi connectivity index (χ4v) is 2.28. The summed E-state index contributed by atoms with van der Waals surface area (Å²) in [5.74, 6) is 0. The first-order valence-corrected chi connectivity index (χ1v) is 5.96. The summed E-state index contributed by atoms with van der Waals surface area (Å²) in [5.41, 5.74) is 2.20. The number of allylic oxidation sites excluding steroid dienone is 4. The van der Waals surface area contributed by atoms with Gasteiger partial charge >= 0.3 is 0 Å². The van der Waals surface area contributed by atoms with Crippen LogP contribution in [0.5, 0.6) is 0 Å². The number of hydrogen-bond acceptors (Lipinski definition) is 0. The van der Waals surface area contributed by atoms with Crippen molar-refractivity contribution < 1.29 is 0 Å². The van der Waals surface area contributed by atoms with E-state index in [1.165, 1.54) is 18.4 Å². The molecule has 0 aliphatic heterocycles. The van der Waals surface area contributed by atoms with Gasteiger partial charge in [0.2, 0.25) is 0 Å². The first-order valence-electron chi connectivity index (χ1n) is 5.96. The predicted octanol–water partition coefficient (Wildman–Crippen LogP) is 5.36. The lowest BCUT2D eigenvalue weighted by atomic mass is 9.74. The average molecular weight is 208 g/mol. The van der Waals surface area contributed by atoms with E-state index in [1.807, 2.05) is 0 Å². The van der Waals surface area contributed by atoms with Crippen LogP contribution in [-0.2, 0) is 0 Å². The summed E-state index contributed by atoms with van der Waals surface area (Å²) in [4.78, 5) is 0. The quantitative estimate of drug-likeness (QED) is 0.545. The van der Waals surface area contributed by atoms with Crippen molar-refractivity contribution in [1.29, 1.82) is 0 Å². The van der Waals surface area contributed by atoms with Gasteiger partial charge in [-0.05, 0) is 37.5 Å². The van der Waals surface area contributed by atoms with Crippen molar-refractivity contribution in [3.63, 3.8) is 0 Å². The second-order valence-electron chi connectivity index (χ2n) is 6.55. The van der Waals surface area contributed by atoms with Gasteiger partial charge in [0, 0.05) is 0 Å². The maximum absolute atomic E-state index is 2.36. The van der Waals surface area contributed by atoms with Crippen LogP contribution in [0.2, 0.25) is 0 Å². The van der Waals surface area contributed by atoms with Crippen molar-refractivity contribution >= 4 is 0 Å². The molecule has 0 aromatic heterocycles. The minimum absolute atomic E-state index is 0.404. The third-order valence-electron chi connectivity index (χ3n) is 2.42. The normalized spacial score (nSPS) is 15.0. The van der Waals surface area contributed by atoms with E-state index in [1.54, 1.807) is 0 Å². The topological polar surface area (TPSA) is 0 Å². The molecule has 0 bridgehead atoms. The van der Waals surface area contributed by atoms with Crippen molar-refractivity contribution in [2.45, 2.75) is 61.3 Å². The van der Waals surface area contributed by atoms with Crippen LogP contribution >= 0.6 is 0 Å². The van der Waals surface area contributed by atoms with Gasteiger partial charge in [-0.2, -0.15) is 0 Å². The zero-order chi connectivity index (χ0) is 12.1. The minimum Gasteiger partial charge on any atom is -0.0874 e. The maximum Gasteiger partial charge on any atom is -0.0293 e. The van der Waals surface area contributed by atoms with E-state index < -0.39 is 0 Å². The highest BCUT2D eigenvalue weighted by atomic mass is 14.3. The summed E-state index contributed by atoms with van der Waals surface area (Å²) in [6, 6.07) is 0. The van der Waals surface area contributed by atoms with Gasteiger partial charge in [0.1, 0.15) is 0 Å². The zero-order valence-electron chi connectivity index (χ0n) is 11.6. The highest BCUT2D eigenvalue weighted by Gasteiger charge is 2.24. The molecular formula is C15H28. The van der Waals surface area contributed by atoms with Crippen LogP contribution in [0, 0.1) is 10.8 Å². The van der Waals surface area contributed by atoms with E-state index in [9.17, 15) is 0 Å². The van der Waals surface area contributed by atoms with Crippen LogP contribution in [0.3, 0.4) is 0 Å². The largest absolute Gasteiger partial charge is 0.0874 e. The first kappa shape index (κ1) is 14.5. The summed E-state index contributed by atoms with van der Waals surface area (Å²) in [5, 5.41) is 0. The zero-order valence-corrected chi connectivity index (χ0v) is 11.6. The van der Waals surface area contributed by atoms with Crippen molar-refractivity contribution in [1.82, 2.24) is 0 Å². The van der Waals surface area contributed by atoms with Crippen LogP contribution in [0.25, 0.3) is 0 Å². The van der Waals surface area contributed by atoms with E-state index >= 15 is 0 Å². The molecule has 0 N–H and O–H groups in total. The second-order valence-corrected chi connectivity index (χ2v) is 6.55. The molecule has 0 heteroatoms. The monoisotopic (exact) mass is 208 g/mol. The summed E-state index contributed by atoms with van der Waals surface area (Å²) >= 11 is 0. The molecule has 0 aromatic carbocycles. The Morgan fingerprint density at radius 2 is 1.60 bits per heavy atom. The van der Waals surface area contributed by atoms with Crippen LogP contribution in [0.15, 0.2) is 23.8 Å². The highest BCUT2D eigenvalue weighted by Crippen LogP contribution is 2.36.